The summed E-state index contributed by atoms with van der Waals surface area (Å²) in [5, 5.41) is 1.63. The standard InChI is InChI=1S/C19H16BrF/c1-12-7-8-14(11-13(12)2)19(20)17-9-10-18(21)16-6-4-3-5-15(16)17/h3-11,19H,1-2H3. The Kier molecular flexibility index (Phi) is 3.81. The number of hydrogen-bond acceptors (Lipinski definition) is 0. The van der Waals surface area contributed by atoms with Gasteiger partial charge in [0.15, 0.2) is 0 Å². The molecule has 0 aromatic heterocycles. The van der Waals surface area contributed by atoms with Crippen LogP contribution in [0.4, 0.5) is 4.39 Å². The summed E-state index contributed by atoms with van der Waals surface area (Å²) in [6.45, 7) is 4.22. The Hall–Kier alpha value is -1.67. The number of fused-ring (bicyclic) bond motifs is 1. The van der Waals surface area contributed by atoms with Crippen molar-refractivity contribution >= 4 is 26.7 Å². The summed E-state index contributed by atoms with van der Waals surface area (Å²) in [5.41, 5.74) is 4.83. The van der Waals surface area contributed by atoms with Crippen molar-refractivity contribution in [2.75, 3.05) is 0 Å². The van der Waals surface area contributed by atoms with Crippen LogP contribution in [-0.2, 0) is 0 Å². The van der Waals surface area contributed by atoms with Crippen molar-refractivity contribution in [2.45, 2.75) is 18.7 Å². The highest BCUT2D eigenvalue weighted by atomic mass is 79.9. The van der Waals surface area contributed by atoms with Gasteiger partial charge in [-0.2, -0.15) is 0 Å². The Labute approximate surface area is 132 Å². The smallest absolute Gasteiger partial charge is 0.131 e. The summed E-state index contributed by atoms with van der Waals surface area (Å²) in [5.74, 6) is -0.172. The lowest BCUT2D eigenvalue weighted by Gasteiger charge is -2.15. The van der Waals surface area contributed by atoms with Crippen LogP contribution in [0.2, 0.25) is 0 Å². The van der Waals surface area contributed by atoms with E-state index in [1.807, 2.05) is 30.3 Å². The molecule has 21 heavy (non-hydrogen) atoms. The van der Waals surface area contributed by atoms with Gasteiger partial charge in [-0.1, -0.05) is 64.5 Å². The molecule has 106 valence electrons. The first-order valence-electron chi connectivity index (χ1n) is 6.96. The predicted octanol–water partition coefficient (Wildman–Crippen LogP) is 6.08. The minimum Gasteiger partial charge on any atom is -0.206 e. The fraction of sp³-hybridized carbons (Fsp3) is 0.158. The highest BCUT2D eigenvalue weighted by molar-refractivity contribution is 9.09. The molecule has 3 rings (SSSR count). The highest BCUT2D eigenvalue weighted by Crippen LogP contribution is 2.36. The summed E-state index contributed by atoms with van der Waals surface area (Å²) in [4.78, 5) is 0.0577. The Balaban J connectivity index is 2.15. The van der Waals surface area contributed by atoms with Crippen molar-refractivity contribution in [3.8, 4) is 0 Å². The first-order chi connectivity index (χ1) is 10.1. The van der Waals surface area contributed by atoms with Crippen molar-refractivity contribution in [1.29, 1.82) is 0 Å². The normalized spacial score (nSPS) is 12.6. The third-order valence-electron chi connectivity index (χ3n) is 4.00. The van der Waals surface area contributed by atoms with E-state index in [2.05, 4.69) is 48.0 Å². The lowest BCUT2D eigenvalue weighted by molar-refractivity contribution is 0.639. The molecule has 0 fully saturated rings. The maximum atomic E-state index is 13.9. The Morgan fingerprint density at radius 1 is 0.857 bits per heavy atom. The van der Waals surface area contributed by atoms with Gasteiger partial charge >= 0.3 is 0 Å². The second kappa shape index (κ2) is 5.61. The number of rotatable bonds is 2. The number of halogens is 2. The van der Waals surface area contributed by atoms with E-state index in [1.54, 1.807) is 6.07 Å². The van der Waals surface area contributed by atoms with E-state index in [0.717, 1.165) is 10.9 Å². The van der Waals surface area contributed by atoms with E-state index in [0.29, 0.717) is 5.39 Å². The van der Waals surface area contributed by atoms with Crippen LogP contribution in [0.25, 0.3) is 10.8 Å². The topological polar surface area (TPSA) is 0 Å². The molecule has 3 aromatic carbocycles. The second-order valence-electron chi connectivity index (χ2n) is 5.39. The molecule has 2 heteroatoms. The van der Waals surface area contributed by atoms with Gasteiger partial charge in [-0.05, 0) is 47.6 Å². The molecule has 3 aromatic rings. The Morgan fingerprint density at radius 3 is 2.29 bits per heavy atom. The summed E-state index contributed by atoms with van der Waals surface area (Å²) in [7, 11) is 0. The van der Waals surface area contributed by atoms with E-state index >= 15 is 0 Å². The van der Waals surface area contributed by atoms with Crippen LogP contribution in [-0.4, -0.2) is 0 Å². The molecule has 0 amide bonds. The molecule has 0 spiro atoms. The van der Waals surface area contributed by atoms with Gasteiger partial charge in [0, 0.05) is 5.39 Å². The minimum atomic E-state index is -0.172. The fourth-order valence-electron chi connectivity index (χ4n) is 2.61. The predicted molar refractivity (Wildman–Crippen MR) is 90.6 cm³/mol. The zero-order chi connectivity index (χ0) is 15.0. The molecule has 0 radical (unpaired) electrons. The van der Waals surface area contributed by atoms with Crippen LogP contribution in [0.5, 0.6) is 0 Å². The Morgan fingerprint density at radius 2 is 1.57 bits per heavy atom. The van der Waals surface area contributed by atoms with Crippen molar-refractivity contribution in [3.05, 3.63) is 82.7 Å². The largest absolute Gasteiger partial charge is 0.206 e. The third-order valence-corrected chi connectivity index (χ3v) is 5.02. The van der Waals surface area contributed by atoms with E-state index < -0.39 is 0 Å². The van der Waals surface area contributed by atoms with Crippen LogP contribution < -0.4 is 0 Å². The molecule has 0 saturated carbocycles. The van der Waals surface area contributed by atoms with Gasteiger partial charge in [-0.25, -0.2) is 4.39 Å². The van der Waals surface area contributed by atoms with Gasteiger partial charge in [0.25, 0.3) is 0 Å². The number of benzene rings is 3. The van der Waals surface area contributed by atoms with Gasteiger partial charge in [0.1, 0.15) is 5.82 Å². The van der Waals surface area contributed by atoms with E-state index in [-0.39, 0.29) is 10.6 Å². The van der Waals surface area contributed by atoms with Gasteiger partial charge in [-0.3, -0.25) is 0 Å². The SMILES string of the molecule is Cc1ccc(C(Br)c2ccc(F)c3ccccc23)cc1C. The summed E-state index contributed by atoms with van der Waals surface area (Å²) >= 11 is 3.78. The molecule has 0 N–H and O–H groups in total. The molecule has 0 heterocycles. The van der Waals surface area contributed by atoms with Gasteiger partial charge < -0.3 is 0 Å². The maximum Gasteiger partial charge on any atom is 0.131 e. The van der Waals surface area contributed by atoms with Crippen LogP contribution in [0.1, 0.15) is 27.1 Å². The van der Waals surface area contributed by atoms with Gasteiger partial charge in [-0.15, -0.1) is 0 Å². The van der Waals surface area contributed by atoms with Gasteiger partial charge in [0.05, 0.1) is 4.83 Å². The van der Waals surface area contributed by atoms with Crippen molar-refractivity contribution in [1.82, 2.24) is 0 Å². The van der Waals surface area contributed by atoms with Crippen molar-refractivity contribution in [2.24, 2.45) is 0 Å². The second-order valence-corrected chi connectivity index (χ2v) is 6.30. The van der Waals surface area contributed by atoms with E-state index in [9.17, 15) is 4.39 Å². The molecule has 0 nitrogen and oxygen atoms in total. The summed E-state index contributed by atoms with van der Waals surface area (Å²) < 4.78 is 13.9. The molecule has 0 aliphatic heterocycles. The first-order valence-corrected chi connectivity index (χ1v) is 7.88. The summed E-state index contributed by atoms with van der Waals surface area (Å²) in [6.07, 6.45) is 0. The minimum absolute atomic E-state index is 0.0577. The molecular formula is C19H16BrF. The average molecular weight is 343 g/mol. The summed E-state index contributed by atoms with van der Waals surface area (Å²) in [6, 6.07) is 17.5. The molecular weight excluding hydrogens is 327 g/mol. The van der Waals surface area contributed by atoms with E-state index in [1.165, 1.54) is 16.7 Å². The zero-order valence-electron chi connectivity index (χ0n) is 12.0. The lowest BCUT2D eigenvalue weighted by Crippen LogP contribution is -1.96. The van der Waals surface area contributed by atoms with Crippen LogP contribution >= 0.6 is 15.9 Å². The highest BCUT2D eigenvalue weighted by Gasteiger charge is 2.15. The maximum absolute atomic E-state index is 13.9. The molecule has 0 aliphatic rings. The molecule has 0 aliphatic carbocycles. The van der Waals surface area contributed by atoms with E-state index in [4.69, 9.17) is 0 Å². The van der Waals surface area contributed by atoms with Crippen LogP contribution in [0.3, 0.4) is 0 Å². The lowest BCUT2D eigenvalue weighted by atomic mass is 9.96. The molecule has 0 saturated heterocycles. The average Bonchev–Trinajstić information content (AvgIpc) is 2.50. The Bertz CT molecular complexity index is 808. The monoisotopic (exact) mass is 342 g/mol. The van der Waals surface area contributed by atoms with Crippen molar-refractivity contribution in [3.63, 3.8) is 0 Å². The quantitative estimate of drug-likeness (QED) is 0.495. The van der Waals surface area contributed by atoms with Crippen LogP contribution in [0.15, 0.2) is 54.6 Å². The number of alkyl halides is 1. The van der Waals surface area contributed by atoms with Gasteiger partial charge in [0.2, 0.25) is 0 Å². The first kappa shape index (κ1) is 14.3. The van der Waals surface area contributed by atoms with Crippen LogP contribution in [0, 0.1) is 19.7 Å². The molecule has 0 bridgehead atoms. The molecule has 1 unspecified atom stereocenters. The number of hydrogen-bond donors (Lipinski definition) is 0. The zero-order valence-corrected chi connectivity index (χ0v) is 13.6. The number of aryl methyl sites for hydroxylation is 2. The third kappa shape index (κ3) is 2.60. The fourth-order valence-corrected chi connectivity index (χ4v) is 3.29. The molecule has 1 atom stereocenters. The van der Waals surface area contributed by atoms with Crippen molar-refractivity contribution < 1.29 is 4.39 Å².